The molecule has 1 aliphatic rings. The Balaban J connectivity index is 2.59. The molecule has 100 valence electrons. The average Bonchev–Trinajstić information content (AvgIpc) is 2.29. The molecule has 3 heteroatoms. The average molecular weight is 239 g/mol. The molecule has 1 rings (SSSR count). The maximum Gasteiger partial charge on any atom is 0.195 e. The maximum atomic E-state index is 4.81. The first-order valence-electron chi connectivity index (χ1n) is 6.95. The lowest BCUT2D eigenvalue weighted by atomic mass is 9.78. The SMILES string of the molecule is CCC1CCCCC1CN=C(N(C)C)N(C)C. The molecule has 0 bridgehead atoms. The van der Waals surface area contributed by atoms with Gasteiger partial charge in [0.25, 0.3) is 0 Å². The lowest BCUT2D eigenvalue weighted by Gasteiger charge is -2.30. The van der Waals surface area contributed by atoms with Gasteiger partial charge in [0.2, 0.25) is 0 Å². The molecule has 0 spiro atoms. The van der Waals surface area contributed by atoms with Crippen molar-refractivity contribution in [3.05, 3.63) is 0 Å². The Morgan fingerprint density at radius 1 is 1.00 bits per heavy atom. The molecule has 1 saturated carbocycles. The molecule has 17 heavy (non-hydrogen) atoms. The normalized spacial score (nSPS) is 24.3. The zero-order chi connectivity index (χ0) is 12.8. The first-order valence-corrected chi connectivity index (χ1v) is 6.95. The zero-order valence-corrected chi connectivity index (χ0v) is 12.2. The van der Waals surface area contributed by atoms with E-state index in [1.165, 1.54) is 32.1 Å². The van der Waals surface area contributed by atoms with E-state index in [9.17, 15) is 0 Å². The van der Waals surface area contributed by atoms with Crippen molar-refractivity contribution in [2.24, 2.45) is 16.8 Å². The van der Waals surface area contributed by atoms with Gasteiger partial charge < -0.3 is 9.80 Å². The Bertz CT molecular complexity index is 236. The summed E-state index contributed by atoms with van der Waals surface area (Å²) < 4.78 is 0. The summed E-state index contributed by atoms with van der Waals surface area (Å²) in [5, 5.41) is 0. The molecular formula is C14H29N3. The lowest BCUT2D eigenvalue weighted by molar-refractivity contribution is 0.236. The standard InChI is InChI=1S/C14H29N3/c1-6-12-9-7-8-10-13(12)11-15-14(16(2)3)17(4)5/h12-13H,6-11H2,1-5H3. The Hall–Kier alpha value is -0.730. The van der Waals surface area contributed by atoms with Crippen molar-refractivity contribution in [3.63, 3.8) is 0 Å². The molecule has 2 atom stereocenters. The smallest absolute Gasteiger partial charge is 0.195 e. The van der Waals surface area contributed by atoms with Gasteiger partial charge in [0, 0.05) is 34.7 Å². The van der Waals surface area contributed by atoms with E-state index in [1.54, 1.807) is 0 Å². The van der Waals surface area contributed by atoms with Gasteiger partial charge in [-0.1, -0.05) is 32.6 Å². The van der Waals surface area contributed by atoms with E-state index in [4.69, 9.17) is 4.99 Å². The van der Waals surface area contributed by atoms with Crippen LogP contribution < -0.4 is 0 Å². The zero-order valence-electron chi connectivity index (χ0n) is 12.2. The second kappa shape index (κ2) is 6.87. The van der Waals surface area contributed by atoms with Crippen LogP contribution in [0, 0.1) is 11.8 Å². The number of aliphatic imine (C=N–C) groups is 1. The Labute approximate surface area is 107 Å². The maximum absolute atomic E-state index is 4.81. The third kappa shape index (κ3) is 4.21. The van der Waals surface area contributed by atoms with Crippen LogP contribution in [0.3, 0.4) is 0 Å². The predicted molar refractivity (Wildman–Crippen MR) is 75.4 cm³/mol. The Morgan fingerprint density at radius 2 is 1.53 bits per heavy atom. The summed E-state index contributed by atoms with van der Waals surface area (Å²) in [7, 11) is 8.27. The molecule has 1 aliphatic carbocycles. The van der Waals surface area contributed by atoms with Crippen LogP contribution in [-0.4, -0.2) is 50.5 Å². The molecule has 1 fully saturated rings. The van der Waals surface area contributed by atoms with E-state index in [2.05, 4.69) is 44.9 Å². The molecule has 0 aliphatic heterocycles. The minimum Gasteiger partial charge on any atom is -0.349 e. The van der Waals surface area contributed by atoms with Gasteiger partial charge in [0.15, 0.2) is 5.96 Å². The number of nitrogens with zero attached hydrogens (tertiary/aromatic N) is 3. The van der Waals surface area contributed by atoms with Crippen LogP contribution in [0.25, 0.3) is 0 Å². The van der Waals surface area contributed by atoms with Crippen molar-refractivity contribution in [2.45, 2.75) is 39.0 Å². The van der Waals surface area contributed by atoms with Crippen molar-refractivity contribution in [1.29, 1.82) is 0 Å². The van der Waals surface area contributed by atoms with E-state index < -0.39 is 0 Å². The minimum absolute atomic E-state index is 0.809. The predicted octanol–water partition coefficient (Wildman–Crippen LogP) is 2.68. The van der Waals surface area contributed by atoms with Crippen molar-refractivity contribution >= 4 is 5.96 Å². The van der Waals surface area contributed by atoms with Gasteiger partial charge in [0.05, 0.1) is 0 Å². The van der Waals surface area contributed by atoms with Gasteiger partial charge in [-0.15, -0.1) is 0 Å². The highest BCUT2D eigenvalue weighted by Gasteiger charge is 2.23. The fourth-order valence-electron chi connectivity index (χ4n) is 2.94. The van der Waals surface area contributed by atoms with Crippen LogP contribution in [-0.2, 0) is 0 Å². The Kier molecular flexibility index (Phi) is 5.79. The minimum atomic E-state index is 0.809. The molecule has 0 aromatic carbocycles. The van der Waals surface area contributed by atoms with Crippen LogP contribution in [0.2, 0.25) is 0 Å². The molecule has 0 aromatic rings. The highest BCUT2D eigenvalue weighted by Crippen LogP contribution is 2.32. The molecule has 0 heterocycles. The molecule has 3 nitrogen and oxygen atoms in total. The highest BCUT2D eigenvalue weighted by molar-refractivity contribution is 5.79. The van der Waals surface area contributed by atoms with Crippen LogP contribution in [0.5, 0.6) is 0 Å². The lowest BCUT2D eigenvalue weighted by Crippen LogP contribution is -2.36. The molecule has 0 N–H and O–H groups in total. The van der Waals surface area contributed by atoms with Crippen LogP contribution in [0.15, 0.2) is 4.99 Å². The van der Waals surface area contributed by atoms with Crippen molar-refractivity contribution in [2.75, 3.05) is 34.7 Å². The molecule has 2 unspecified atom stereocenters. The quantitative estimate of drug-likeness (QED) is 0.557. The molecule has 0 aromatic heterocycles. The number of hydrogen-bond donors (Lipinski definition) is 0. The van der Waals surface area contributed by atoms with Gasteiger partial charge in [0.1, 0.15) is 0 Å². The third-order valence-corrected chi connectivity index (χ3v) is 3.86. The van der Waals surface area contributed by atoms with Gasteiger partial charge in [-0.25, -0.2) is 0 Å². The number of rotatable bonds is 3. The topological polar surface area (TPSA) is 18.8 Å². The summed E-state index contributed by atoms with van der Waals surface area (Å²) in [5.74, 6) is 2.80. The van der Waals surface area contributed by atoms with Gasteiger partial charge in [-0.3, -0.25) is 4.99 Å². The van der Waals surface area contributed by atoms with Gasteiger partial charge >= 0.3 is 0 Å². The summed E-state index contributed by atoms with van der Waals surface area (Å²) in [6.45, 7) is 3.33. The summed E-state index contributed by atoms with van der Waals surface area (Å²) in [5.41, 5.74) is 0. The summed E-state index contributed by atoms with van der Waals surface area (Å²) >= 11 is 0. The Morgan fingerprint density at radius 3 is 2.00 bits per heavy atom. The van der Waals surface area contributed by atoms with Gasteiger partial charge in [-0.2, -0.15) is 0 Å². The van der Waals surface area contributed by atoms with Crippen molar-refractivity contribution in [3.8, 4) is 0 Å². The van der Waals surface area contributed by atoms with E-state index in [1.807, 2.05) is 0 Å². The van der Waals surface area contributed by atoms with Gasteiger partial charge in [-0.05, 0) is 18.3 Å². The molecular weight excluding hydrogens is 210 g/mol. The fraction of sp³-hybridized carbons (Fsp3) is 0.929. The van der Waals surface area contributed by atoms with Crippen LogP contribution in [0.4, 0.5) is 0 Å². The summed E-state index contributed by atoms with van der Waals surface area (Å²) in [6, 6.07) is 0. The van der Waals surface area contributed by atoms with Crippen LogP contribution in [0.1, 0.15) is 39.0 Å². The van der Waals surface area contributed by atoms with E-state index in [0.717, 1.165) is 24.3 Å². The monoisotopic (exact) mass is 239 g/mol. The highest BCUT2D eigenvalue weighted by atomic mass is 15.3. The van der Waals surface area contributed by atoms with E-state index in [-0.39, 0.29) is 0 Å². The largest absolute Gasteiger partial charge is 0.349 e. The first-order chi connectivity index (χ1) is 8.06. The van der Waals surface area contributed by atoms with E-state index in [0.29, 0.717) is 0 Å². The van der Waals surface area contributed by atoms with Crippen LogP contribution >= 0.6 is 0 Å². The molecule has 0 saturated heterocycles. The van der Waals surface area contributed by atoms with Crippen molar-refractivity contribution < 1.29 is 0 Å². The molecule has 0 amide bonds. The third-order valence-electron chi connectivity index (χ3n) is 3.86. The summed E-state index contributed by atoms with van der Waals surface area (Å²) in [4.78, 5) is 9.02. The fourth-order valence-corrected chi connectivity index (χ4v) is 2.94. The first kappa shape index (κ1) is 14.3. The number of guanidine groups is 1. The summed E-state index contributed by atoms with van der Waals surface area (Å²) in [6.07, 6.45) is 6.93. The molecule has 0 radical (unpaired) electrons. The van der Waals surface area contributed by atoms with E-state index >= 15 is 0 Å². The second-order valence-corrected chi connectivity index (χ2v) is 5.64. The van der Waals surface area contributed by atoms with Crippen molar-refractivity contribution in [1.82, 2.24) is 9.80 Å². The number of hydrogen-bond acceptors (Lipinski definition) is 1. The second-order valence-electron chi connectivity index (χ2n) is 5.64.